The molecule has 0 aliphatic heterocycles. The third kappa shape index (κ3) is 5.68. The van der Waals surface area contributed by atoms with E-state index in [2.05, 4.69) is 22.5 Å². The molecule has 1 heterocycles. The van der Waals surface area contributed by atoms with Crippen molar-refractivity contribution >= 4 is 5.91 Å². The average Bonchev–Trinajstić information content (AvgIpc) is 2.46. The number of pyridine rings is 1. The van der Waals surface area contributed by atoms with Gasteiger partial charge < -0.3 is 10.6 Å². The Hall–Kier alpha value is -2.35. The lowest BCUT2D eigenvalue weighted by Gasteiger charge is -2.04. The predicted octanol–water partition coefficient (Wildman–Crippen LogP) is 1.49. The van der Waals surface area contributed by atoms with Crippen LogP contribution in [0.4, 0.5) is 0 Å². The molecule has 0 unspecified atom stereocenters. The summed E-state index contributed by atoms with van der Waals surface area (Å²) < 4.78 is 0. The first-order valence-corrected chi connectivity index (χ1v) is 6.28. The highest BCUT2D eigenvalue weighted by molar-refractivity contribution is 5.97. The van der Waals surface area contributed by atoms with Crippen molar-refractivity contribution in [2.24, 2.45) is 0 Å². The van der Waals surface area contributed by atoms with E-state index in [0.717, 1.165) is 24.9 Å². The minimum absolute atomic E-state index is 0.0833. The van der Waals surface area contributed by atoms with Gasteiger partial charge in [0.2, 0.25) is 0 Å². The number of unbranched alkanes of at least 4 members (excludes halogenated alkanes) is 1. The number of aromatic nitrogens is 1. The van der Waals surface area contributed by atoms with E-state index in [9.17, 15) is 4.79 Å². The fourth-order valence-corrected chi connectivity index (χ4v) is 1.38. The topological polar surface area (TPSA) is 77.8 Å². The molecule has 100 valence electrons. The summed E-state index contributed by atoms with van der Waals surface area (Å²) in [6, 6.07) is 5.55. The van der Waals surface area contributed by atoms with Crippen molar-refractivity contribution in [3.63, 3.8) is 0 Å². The van der Waals surface area contributed by atoms with Crippen molar-refractivity contribution in [1.82, 2.24) is 15.6 Å². The molecule has 0 atom stereocenters. The molecule has 0 saturated carbocycles. The molecule has 0 bridgehead atoms. The summed E-state index contributed by atoms with van der Waals surface area (Å²) in [5.74, 6) is -0.379. The van der Waals surface area contributed by atoms with Gasteiger partial charge in [0.1, 0.15) is 11.6 Å². The summed E-state index contributed by atoms with van der Waals surface area (Å²) in [7, 11) is 0. The van der Waals surface area contributed by atoms with Crippen molar-refractivity contribution in [2.75, 3.05) is 6.54 Å². The van der Waals surface area contributed by atoms with Gasteiger partial charge >= 0.3 is 0 Å². The first-order valence-electron chi connectivity index (χ1n) is 6.28. The van der Waals surface area contributed by atoms with Crippen molar-refractivity contribution in [1.29, 1.82) is 5.26 Å². The monoisotopic (exact) mass is 258 g/mol. The fraction of sp³-hybridized carbons (Fsp3) is 0.357. The van der Waals surface area contributed by atoms with Crippen molar-refractivity contribution in [2.45, 2.75) is 26.3 Å². The minimum atomic E-state index is -0.379. The van der Waals surface area contributed by atoms with Crippen LogP contribution in [0.25, 0.3) is 0 Å². The van der Waals surface area contributed by atoms with Gasteiger partial charge in [-0.05, 0) is 18.1 Å². The Kier molecular flexibility index (Phi) is 6.73. The summed E-state index contributed by atoms with van der Waals surface area (Å²) in [6.07, 6.45) is 6.88. The molecule has 0 fully saturated rings. The molecule has 0 aliphatic carbocycles. The second-order valence-electron chi connectivity index (χ2n) is 4.02. The van der Waals surface area contributed by atoms with Crippen LogP contribution in [0.15, 0.2) is 36.3 Å². The third-order valence-corrected chi connectivity index (χ3v) is 2.46. The van der Waals surface area contributed by atoms with Crippen LogP contribution in [0.1, 0.15) is 25.3 Å². The Labute approximate surface area is 113 Å². The maximum atomic E-state index is 11.7. The smallest absolute Gasteiger partial charge is 0.263 e. The van der Waals surface area contributed by atoms with Crippen LogP contribution in [-0.4, -0.2) is 17.4 Å². The molecule has 19 heavy (non-hydrogen) atoms. The molecule has 1 aromatic rings. The van der Waals surface area contributed by atoms with Crippen LogP contribution in [-0.2, 0) is 11.3 Å². The van der Waals surface area contributed by atoms with Crippen molar-refractivity contribution in [3.05, 3.63) is 41.9 Å². The molecule has 0 aromatic carbocycles. The van der Waals surface area contributed by atoms with Crippen LogP contribution in [0, 0.1) is 11.3 Å². The highest BCUT2D eigenvalue weighted by Crippen LogP contribution is 1.97. The number of nitriles is 1. The van der Waals surface area contributed by atoms with Crippen LogP contribution in [0.2, 0.25) is 0 Å². The number of hydrogen-bond donors (Lipinski definition) is 2. The molecular weight excluding hydrogens is 240 g/mol. The van der Waals surface area contributed by atoms with E-state index in [4.69, 9.17) is 5.26 Å². The highest BCUT2D eigenvalue weighted by atomic mass is 16.1. The standard InChI is InChI=1S/C14H18N4O/c1-2-3-6-17-11-13(8-15)14(19)18-10-12-5-4-7-16-9-12/h4-5,7,9,11,17H,2-3,6,10H2,1H3,(H,18,19)/b13-11-. The number of carbonyl (C=O) groups excluding carboxylic acids is 1. The SMILES string of the molecule is CCCCN/C=C(/C#N)C(=O)NCc1cccnc1. The predicted molar refractivity (Wildman–Crippen MR) is 72.7 cm³/mol. The van der Waals surface area contributed by atoms with E-state index in [0.29, 0.717) is 6.54 Å². The van der Waals surface area contributed by atoms with E-state index < -0.39 is 0 Å². The zero-order valence-electron chi connectivity index (χ0n) is 11.0. The van der Waals surface area contributed by atoms with Crippen LogP contribution >= 0.6 is 0 Å². The molecule has 1 amide bonds. The van der Waals surface area contributed by atoms with Gasteiger partial charge in [0.05, 0.1) is 0 Å². The molecule has 0 aliphatic rings. The van der Waals surface area contributed by atoms with E-state index in [1.807, 2.05) is 12.1 Å². The van der Waals surface area contributed by atoms with Crippen LogP contribution in [0.5, 0.6) is 0 Å². The van der Waals surface area contributed by atoms with Gasteiger partial charge in [-0.3, -0.25) is 9.78 Å². The molecule has 1 aromatic heterocycles. The summed E-state index contributed by atoms with van der Waals surface area (Å²) in [5, 5.41) is 14.6. The van der Waals surface area contributed by atoms with E-state index in [1.165, 1.54) is 6.20 Å². The summed E-state index contributed by atoms with van der Waals surface area (Å²) in [4.78, 5) is 15.7. The van der Waals surface area contributed by atoms with Gasteiger partial charge in [0.25, 0.3) is 5.91 Å². The van der Waals surface area contributed by atoms with Gasteiger partial charge in [0.15, 0.2) is 0 Å². The van der Waals surface area contributed by atoms with E-state index in [1.54, 1.807) is 18.5 Å². The second kappa shape index (κ2) is 8.70. The Morgan fingerprint density at radius 3 is 3.05 bits per heavy atom. The highest BCUT2D eigenvalue weighted by Gasteiger charge is 2.07. The summed E-state index contributed by atoms with van der Waals surface area (Å²) in [6.45, 7) is 3.20. The molecule has 1 rings (SSSR count). The average molecular weight is 258 g/mol. The number of nitrogens with zero attached hydrogens (tertiary/aromatic N) is 2. The molecule has 5 nitrogen and oxygen atoms in total. The molecular formula is C14H18N4O. The first-order chi connectivity index (χ1) is 9.27. The molecule has 2 N–H and O–H groups in total. The lowest BCUT2D eigenvalue weighted by molar-refractivity contribution is -0.117. The Bertz CT molecular complexity index is 462. The zero-order valence-corrected chi connectivity index (χ0v) is 11.0. The van der Waals surface area contributed by atoms with Crippen molar-refractivity contribution in [3.8, 4) is 6.07 Å². The van der Waals surface area contributed by atoms with Crippen LogP contribution < -0.4 is 10.6 Å². The maximum Gasteiger partial charge on any atom is 0.263 e. The van der Waals surface area contributed by atoms with Gasteiger partial charge in [-0.15, -0.1) is 0 Å². The van der Waals surface area contributed by atoms with E-state index >= 15 is 0 Å². The normalized spacial score (nSPS) is 10.6. The fourth-order valence-electron chi connectivity index (χ4n) is 1.38. The lowest BCUT2D eigenvalue weighted by Crippen LogP contribution is -2.25. The Morgan fingerprint density at radius 2 is 2.42 bits per heavy atom. The Balaban J connectivity index is 2.44. The van der Waals surface area contributed by atoms with E-state index in [-0.39, 0.29) is 11.5 Å². The quantitative estimate of drug-likeness (QED) is 0.441. The number of nitrogens with one attached hydrogen (secondary N) is 2. The van der Waals surface area contributed by atoms with Crippen LogP contribution in [0.3, 0.4) is 0 Å². The summed E-state index contributed by atoms with van der Waals surface area (Å²) in [5.41, 5.74) is 0.979. The maximum absolute atomic E-state index is 11.7. The largest absolute Gasteiger partial charge is 0.390 e. The van der Waals surface area contributed by atoms with Gasteiger partial charge in [-0.1, -0.05) is 19.4 Å². The van der Waals surface area contributed by atoms with Crippen molar-refractivity contribution < 1.29 is 4.79 Å². The minimum Gasteiger partial charge on any atom is -0.390 e. The number of amides is 1. The molecule has 0 saturated heterocycles. The zero-order chi connectivity index (χ0) is 13.9. The number of rotatable bonds is 7. The molecule has 5 heteroatoms. The molecule has 0 spiro atoms. The van der Waals surface area contributed by atoms with Gasteiger partial charge in [-0.2, -0.15) is 5.26 Å². The second-order valence-corrected chi connectivity index (χ2v) is 4.02. The lowest BCUT2D eigenvalue weighted by atomic mass is 10.2. The van der Waals surface area contributed by atoms with Gasteiger partial charge in [-0.25, -0.2) is 0 Å². The first kappa shape index (κ1) is 14.7. The molecule has 0 radical (unpaired) electrons. The van der Waals surface area contributed by atoms with Gasteiger partial charge in [0, 0.05) is 31.7 Å². The summed E-state index contributed by atoms with van der Waals surface area (Å²) >= 11 is 0. The Morgan fingerprint density at radius 1 is 1.58 bits per heavy atom. The number of carbonyl (C=O) groups is 1. The number of hydrogen-bond acceptors (Lipinski definition) is 4. The third-order valence-electron chi connectivity index (χ3n) is 2.46.